The molecule has 0 aliphatic carbocycles. The molecule has 1 rings (SSSR count). The summed E-state index contributed by atoms with van der Waals surface area (Å²) in [6, 6.07) is 7.99. The smallest absolute Gasteiger partial charge is 0.251 e. The van der Waals surface area contributed by atoms with Crippen molar-refractivity contribution in [2.45, 2.75) is 46.0 Å². The molecule has 0 spiro atoms. The molecule has 0 radical (unpaired) electrons. The van der Waals surface area contributed by atoms with Gasteiger partial charge in [-0.2, -0.15) is 0 Å². The first kappa shape index (κ1) is 17.7. The molecule has 0 heterocycles. The molecule has 0 fully saturated rings. The van der Waals surface area contributed by atoms with E-state index in [-0.39, 0.29) is 5.91 Å². The van der Waals surface area contributed by atoms with Gasteiger partial charge in [0, 0.05) is 12.1 Å². The molecule has 1 amide bonds. The summed E-state index contributed by atoms with van der Waals surface area (Å²) in [5, 5.41) is 6.14. The Morgan fingerprint density at radius 1 is 1.00 bits per heavy atom. The van der Waals surface area contributed by atoms with E-state index in [9.17, 15) is 4.79 Å². The van der Waals surface area contributed by atoms with Crippen molar-refractivity contribution in [2.75, 3.05) is 20.1 Å². The zero-order valence-electron chi connectivity index (χ0n) is 13.7. The average Bonchev–Trinajstić information content (AvgIpc) is 2.46. The van der Waals surface area contributed by atoms with Gasteiger partial charge in [-0.3, -0.25) is 4.79 Å². The van der Waals surface area contributed by atoms with Crippen molar-refractivity contribution >= 4 is 5.91 Å². The molecule has 0 aliphatic heterocycles. The molecule has 1 aromatic rings. The van der Waals surface area contributed by atoms with Crippen LogP contribution in [0.5, 0.6) is 0 Å². The van der Waals surface area contributed by atoms with Crippen LogP contribution < -0.4 is 10.6 Å². The van der Waals surface area contributed by atoms with Crippen molar-refractivity contribution in [3.63, 3.8) is 0 Å². The van der Waals surface area contributed by atoms with Gasteiger partial charge in [0.25, 0.3) is 5.91 Å². The third-order valence-electron chi connectivity index (χ3n) is 3.50. The van der Waals surface area contributed by atoms with E-state index in [0.717, 1.165) is 31.5 Å². The van der Waals surface area contributed by atoms with E-state index < -0.39 is 0 Å². The highest BCUT2D eigenvalue weighted by atomic mass is 16.1. The standard InChI is InChI=1S/C18H30N2O/c1-15(2)14-16-8-10-17(11-9-16)18(21)20-13-7-5-4-6-12-19-3/h8-11,15,19H,4-7,12-14H2,1-3H3,(H,20,21). The lowest BCUT2D eigenvalue weighted by molar-refractivity contribution is 0.0953. The normalized spacial score (nSPS) is 10.9. The second kappa shape index (κ2) is 10.4. The Hall–Kier alpha value is -1.35. The van der Waals surface area contributed by atoms with E-state index >= 15 is 0 Å². The van der Waals surface area contributed by atoms with Gasteiger partial charge in [0.2, 0.25) is 0 Å². The topological polar surface area (TPSA) is 41.1 Å². The fourth-order valence-electron chi connectivity index (χ4n) is 2.35. The Bertz CT molecular complexity index is 398. The predicted molar refractivity (Wildman–Crippen MR) is 89.7 cm³/mol. The summed E-state index contributed by atoms with van der Waals surface area (Å²) < 4.78 is 0. The fraction of sp³-hybridized carbons (Fsp3) is 0.611. The van der Waals surface area contributed by atoms with Crippen LogP contribution in [0.1, 0.15) is 55.5 Å². The molecule has 2 N–H and O–H groups in total. The van der Waals surface area contributed by atoms with Gasteiger partial charge in [-0.05, 0) is 56.5 Å². The number of rotatable bonds is 10. The van der Waals surface area contributed by atoms with Crippen LogP contribution in [-0.2, 0) is 6.42 Å². The second-order valence-corrected chi connectivity index (χ2v) is 6.07. The van der Waals surface area contributed by atoms with Crippen LogP contribution in [0, 0.1) is 5.92 Å². The minimum atomic E-state index is 0.0429. The van der Waals surface area contributed by atoms with E-state index in [1.807, 2.05) is 19.2 Å². The monoisotopic (exact) mass is 290 g/mol. The lowest BCUT2D eigenvalue weighted by Gasteiger charge is -2.08. The number of amides is 1. The highest BCUT2D eigenvalue weighted by Crippen LogP contribution is 2.09. The number of benzene rings is 1. The van der Waals surface area contributed by atoms with Crippen molar-refractivity contribution in [2.24, 2.45) is 5.92 Å². The van der Waals surface area contributed by atoms with Crippen LogP contribution in [0.15, 0.2) is 24.3 Å². The summed E-state index contributed by atoms with van der Waals surface area (Å²) in [5.74, 6) is 0.689. The van der Waals surface area contributed by atoms with Gasteiger partial charge in [-0.1, -0.05) is 38.8 Å². The highest BCUT2D eigenvalue weighted by Gasteiger charge is 2.05. The van der Waals surface area contributed by atoms with Crippen molar-refractivity contribution in [1.82, 2.24) is 10.6 Å². The van der Waals surface area contributed by atoms with E-state index in [2.05, 4.69) is 36.6 Å². The molecule has 0 unspecified atom stereocenters. The van der Waals surface area contributed by atoms with Crippen molar-refractivity contribution in [3.8, 4) is 0 Å². The van der Waals surface area contributed by atoms with Crippen LogP contribution in [-0.4, -0.2) is 26.0 Å². The average molecular weight is 290 g/mol. The molecule has 0 atom stereocenters. The summed E-state index contributed by atoms with van der Waals surface area (Å²) >= 11 is 0. The lowest BCUT2D eigenvalue weighted by Crippen LogP contribution is -2.24. The van der Waals surface area contributed by atoms with Gasteiger partial charge in [0.1, 0.15) is 0 Å². The molecule has 0 saturated heterocycles. The Morgan fingerprint density at radius 2 is 1.62 bits per heavy atom. The minimum absolute atomic E-state index is 0.0429. The Labute approximate surface area is 129 Å². The summed E-state index contributed by atoms with van der Waals surface area (Å²) in [4.78, 5) is 12.0. The molecule has 0 saturated carbocycles. The molecular formula is C18H30N2O. The zero-order valence-corrected chi connectivity index (χ0v) is 13.7. The number of carbonyl (C=O) groups excluding carboxylic acids is 1. The SMILES string of the molecule is CNCCCCCCNC(=O)c1ccc(CC(C)C)cc1. The zero-order chi connectivity index (χ0) is 15.5. The van der Waals surface area contributed by atoms with Gasteiger partial charge < -0.3 is 10.6 Å². The number of carbonyl (C=O) groups is 1. The van der Waals surface area contributed by atoms with E-state index in [1.165, 1.54) is 24.8 Å². The highest BCUT2D eigenvalue weighted by molar-refractivity contribution is 5.94. The third-order valence-corrected chi connectivity index (χ3v) is 3.50. The Morgan fingerprint density at radius 3 is 2.19 bits per heavy atom. The first-order chi connectivity index (χ1) is 10.1. The number of nitrogens with one attached hydrogen (secondary N) is 2. The summed E-state index contributed by atoms with van der Waals surface area (Å²) in [5.41, 5.74) is 2.06. The molecule has 0 aromatic heterocycles. The van der Waals surface area contributed by atoms with Gasteiger partial charge >= 0.3 is 0 Å². The fourth-order valence-corrected chi connectivity index (χ4v) is 2.35. The van der Waals surface area contributed by atoms with Gasteiger partial charge in [0.05, 0.1) is 0 Å². The van der Waals surface area contributed by atoms with E-state index in [4.69, 9.17) is 0 Å². The van der Waals surface area contributed by atoms with Crippen LogP contribution in [0.3, 0.4) is 0 Å². The maximum atomic E-state index is 12.0. The van der Waals surface area contributed by atoms with Crippen LogP contribution in [0.4, 0.5) is 0 Å². The molecule has 0 bridgehead atoms. The third kappa shape index (κ3) is 7.86. The number of hydrogen-bond donors (Lipinski definition) is 2. The van der Waals surface area contributed by atoms with Crippen molar-refractivity contribution in [1.29, 1.82) is 0 Å². The molecule has 118 valence electrons. The number of hydrogen-bond acceptors (Lipinski definition) is 2. The quantitative estimate of drug-likeness (QED) is 0.649. The molecule has 3 heteroatoms. The van der Waals surface area contributed by atoms with Crippen LogP contribution in [0.2, 0.25) is 0 Å². The van der Waals surface area contributed by atoms with Crippen molar-refractivity contribution in [3.05, 3.63) is 35.4 Å². The number of unbranched alkanes of at least 4 members (excludes halogenated alkanes) is 3. The second-order valence-electron chi connectivity index (χ2n) is 6.07. The summed E-state index contributed by atoms with van der Waals surface area (Å²) in [7, 11) is 1.98. The van der Waals surface area contributed by atoms with E-state index in [0.29, 0.717) is 5.92 Å². The Kier molecular flexibility index (Phi) is 8.76. The maximum absolute atomic E-state index is 12.0. The Balaban J connectivity index is 2.22. The van der Waals surface area contributed by atoms with Gasteiger partial charge in [0.15, 0.2) is 0 Å². The van der Waals surface area contributed by atoms with Crippen LogP contribution in [0.25, 0.3) is 0 Å². The molecule has 1 aromatic carbocycles. The summed E-state index contributed by atoms with van der Waals surface area (Å²) in [6.45, 7) is 6.26. The molecule has 3 nitrogen and oxygen atoms in total. The largest absolute Gasteiger partial charge is 0.352 e. The first-order valence-corrected chi connectivity index (χ1v) is 8.15. The molecule has 0 aliphatic rings. The maximum Gasteiger partial charge on any atom is 0.251 e. The first-order valence-electron chi connectivity index (χ1n) is 8.15. The van der Waals surface area contributed by atoms with Crippen LogP contribution >= 0.6 is 0 Å². The van der Waals surface area contributed by atoms with Crippen molar-refractivity contribution < 1.29 is 4.79 Å². The molecule has 21 heavy (non-hydrogen) atoms. The molecular weight excluding hydrogens is 260 g/mol. The van der Waals surface area contributed by atoms with E-state index in [1.54, 1.807) is 0 Å². The van der Waals surface area contributed by atoms with Gasteiger partial charge in [-0.15, -0.1) is 0 Å². The van der Waals surface area contributed by atoms with Gasteiger partial charge in [-0.25, -0.2) is 0 Å². The predicted octanol–water partition coefficient (Wildman–Crippen LogP) is 3.39. The summed E-state index contributed by atoms with van der Waals surface area (Å²) in [6.07, 6.45) is 5.73. The lowest BCUT2D eigenvalue weighted by atomic mass is 10.0. The minimum Gasteiger partial charge on any atom is -0.352 e.